The van der Waals surface area contributed by atoms with Gasteiger partial charge in [0, 0.05) is 24.2 Å². The lowest BCUT2D eigenvalue weighted by atomic mass is 10.4. The SMILES string of the molecule is CNc1nc(NCc2csc(=O)[nH]2)c(F)cc1F. The number of H-pyrrole nitrogens is 1. The molecule has 96 valence electrons. The van der Waals surface area contributed by atoms with Gasteiger partial charge in [-0.3, -0.25) is 4.79 Å². The molecule has 0 saturated heterocycles. The number of hydrogen-bond donors (Lipinski definition) is 3. The van der Waals surface area contributed by atoms with E-state index in [-0.39, 0.29) is 23.1 Å². The highest BCUT2D eigenvalue weighted by Crippen LogP contribution is 2.18. The van der Waals surface area contributed by atoms with E-state index in [9.17, 15) is 13.6 Å². The van der Waals surface area contributed by atoms with Gasteiger partial charge in [-0.05, 0) is 0 Å². The largest absolute Gasteiger partial charge is 0.371 e. The summed E-state index contributed by atoms with van der Waals surface area (Å²) in [5.41, 5.74) is 0.613. The number of anilines is 2. The molecule has 2 rings (SSSR count). The number of rotatable bonds is 4. The van der Waals surface area contributed by atoms with Crippen LogP contribution in [0, 0.1) is 11.6 Å². The van der Waals surface area contributed by atoms with Crippen LogP contribution in [0.25, 0.3) is 0 Å². The van der Waals surface area contributed by atoms with Crippen molar-refractivity contribution in [3.63, 3.8) is 0 Å². The molecule has 0 unspecified atom stereocenters. The van der Waals surface area contributed by atoms with Gasteiger partial charge in [0.1, 0.15) is 0 Å². The van der Waals surface area contributed by atoms with Crippen LogP contribution in [-0.4, -0.2) is 17.0 Å². The molecule has 0 spiro atoms. The lowest BCUT2D eigenvalue weighted by Crippen LogP contribution is -2.08. The number of aromatic amines is 1. The summed E-state index contributed by atoms with van der Waals surface area (Å²) in [7, 11) is 1.49. The van der Waals surface area contributed by atoms with Crippen LogP contribution >= 0.6 is 11.3 Å². The molecule has 0 fully saturated rings. The molecule has 5 nitrogen and oxygen atoms in total. The summed E-state index contributed by atoms with van der Waals surface area (Å²) in [5.74, 6) is -1.67. The lowest BCUT2D eigenvalue weighted by Gasteiger charge is -2.08. The Hall–Kier alpha value is -1.96. The van der Waals surface area contributed by atoms with Crippen LogP contribution in [0.1, 0.15) is 5.69 Å². The van der Waals surface area contributed by atoms with E-state index < -0.39 is 11.6 Å². The molecule has 0 aliphatic rings. The Balaban J connectivity index is 2.16. The number of halogens is 2. The molecule has 18 heavy (non-hydrogen) atoms. The Morgan fingerprint density at radius 1 is 1.39 bits per heavy atom. The molecule has 0 aliphatic carbocycles. The minimum Gasteiger partial charge on any atom is -0.371 e. The predicted molar refractivity (Wildman–Crippen MR) is 66.0 cm³/mol. The van der Waals surface area contributed by atoms with Crippen LogP contribution in [0.15, 0.2) is 16.2 Å². The Bertz CT molecular complexity index is 610. The van der Waals surface area contributed by atoms with Gasteiger partial charge in [0.05, 0.1) is 6.54 Å². The minimum absolute atomic E-state index is 0.0438. The molecular weight excluding hydrogens is 262 g/mol. The minimum atomic E-state index is -0.788. The molecule has 0 atom stereocenters. The van der Waals surface area contributed by atoms with Gasteiger partial charge in [-0.2, -0.15) is 0 Å². The van der Waals surface area contributed by atoms with Gasteiger partial charge < -0.3 is 15.6 Å². The molecule has 0 bridgehead atoms. The molecule has 2 aromatic heterocycles. The quantitative estimate of drug-likeness (QED) is 0.793. The van der Waals surface area contributed by atoms with Crippen molar-refractivity contribution in [2.24, 2.45) is 0 Å². The summed E-state index contributed by atoms with van der Waals surface area (Å²) in [4.78, 5) is 17.0. The first-order valence-electron chi connectivity index (χ1n) is 5.04. The van der Waals surface area contributed by atoms with Gasteiger partial charge in [0.2, 0.25) is 0 Å². The van der Waals surface area contributed by atoms with E-state index in [1.54, 1.807) is 5.38 Å². The maximum absolute atomic E-state index is 13.4. The van der Waals surface area contributed by atoms with Gasteiger partial charge in [-0.1, -0.05) is 11.3 Å². The number of hydrogen-bond acceptors (Lipinski definition) is 5. The van der Waals surface area contributed by atoms with Gasteiger partial charge in [0.15, 0.2) is 23.3 Å². The first kappa shape index (κ1) is 12.5. The van der Waals surface area contributed by atoms with Crippen LogP contribution in [-0.2, 0) is 6.54 Å². The van der Waals surface area contributed by atoms with Crippen molar-refractivity contribution < 1.29 is 8.78 Å². The zero-order valence-electron chi connectivity index (χ0n) is 9.38. The standard InChI is InChI=1S/C10H10F2N4OS/c1-13-8-6(11)2-7(12)9(16-8)14-3-5-4-18-10(17)15-5/h2,4H,3H2,1H3,(H,15,17)(H2,13,14,16). The molecule has 8 heteroatoms. The van der Waals surface area contributed by atoms with Crippen molar-refractivity contribution in [3.05, 3.63) is 38.4 Å². The lowest BCUT2D eigenvalue weighted by molar-refractivity contribution is 0.578. The van der Waals surface area contributed by atoms with E-state index in [2.05, 4.69) is 20.6 Å². The Morgan fingerprint density at radius 2 is 2.11 bits per heavy atom. The zero-order chi connectivity index (χ0) is 13.1. The fourth-order valence-electron chi connectivity index (χ4n) is 1.35. The number of nitrogens with zero attached hydrogens (tertiary/aromatic N) is 1. The molecule has 3 N–H and O–H groups in total. The molecule has 0 radical (unpaired) electrons. The first-order valence-corrected chi connectivity index (χ1v) is 5.92. The van der Waals surface area contributed by atoms with Gasteiger partial charge in [-0.15, -0.1) is 0 Å². The van der Waals surface area contributed by atoms with Crippen LogP contribution in [0.4, 0.5) is 20.4 Å². The summed E-state index contributed by atoms with van der Waals surface area (Å²) >= 11 is 1.02. The normalized spacial score (nSPS) is 10.4. The summed E-state index contributed by atoms with van der Waals surface area (Å²) < 4.78 is 26.6. The highest BCUT2D eigenvalue weighted by atomic mass is 32.1. The number of pyridine rings is 1. The fourth-order valence-corrected chi connectivity index (χ4v) is 1.93. The van der Waals surface area contributed by atoms with Crippen LogP contribution in [0.5, 0.6) is 0 Å². The molecule has 0 aromatic carbocycles. The average molecular weight is 272 g/mol. The average Bonchev–Trinajstić information content (AvgIpc) is 2.74. The monoisotopic (exact) mass is 272 g/mol. The maximum atomic E-state index is 13.4. The van der Waals surface area contributed by atoms with Gasteiger partial charge in [-0.25, -0.2) is 13.8 Å². The van der Waals surface area contributed by atoms with Crippen LogP contribution in [0.3, 0.4) is 0 Å². The van der Waals surface area contributed by atoms with E-state index in [0.29, 0.717) is 5.69 Å². The van der Waals surface area contributed by atoms with E-state index in [1.165, 1.54) is 7.05 Å². The Labute approximate surface area is 105 Å². The fraction of sp³-hybridized carbons (Fsp3) is 0.200. The van der Waals surface area contributed by atoms with E-state index in [0.717, 1.165) is 17.4 Å². The summed E-state index contributed by atoms with van der Waals surface area (Å²) in [6.45, 7) is 0.206. The molecular formula is C10H10F2N4OS. The number of thiazole rings is 1. The molecule has 0 aliphatic heterocycles. The molecule has 0 amide bonds. The molecule has 2 heterocycles. The highest BCUT2D eigenvalue weighted by Gasteiger charge is 2.10. The third-order valence-corrected chi connectivity index (χ3v) is 2.90. The molecule has 2 aromatic rings. The topological polar surface area (TPSA) is 69.8 Å². The van der Waals surface area contributed by atoms with Crippen molar-refractivity contribution in [2.45, 2.75) is 6.54 Å². The predicted octanol–water partition coefficient (Wildman–Crippen LogP) is 1.76. The van der Waals surface area contributed by atoms with Crippen molar-refractivity contribution in [1.29, 1.82) is 0 Å². The Morgan fingerprint density at radius 3 is 2.72 bits per heavy atom. The third-order valence-electron chi connectivity index (χ3n) is 2.18. The maximum Gasteiger partial charge on any atom is 0.304 e. The number of aromatic nitrogens is 2. The van der Waals surface area contributed by atoms with Crippen LogP contribution in [0.2, 0.25) is 0 Å². The second-order valence-corrected chi connectivity index (χ2v) is 4.27. The van der Waals surface area contributed by atoms with Crippen LogP contribution < -0.4 is 15.5 Å². The molecule has 0 saturated carbocycles. The smallest absolute Gasteiger partial charge is 0.304 e. The van der Waals surface area contributed by atoms with Crippen molar-refractivity contribution in [3.8, 4) is 0 Å². The van der Waals surface area contributed by atoms with E-state index >= 15 is 0 Å². The van der Waals surface area contributed by atoms with Gasteiger partial charge >= 0.3 is 4.87 Å². The highest BCUT2D eigenvalue weighted by molar-refractivity contribution is 7.07. The van der Waals surface area contributed by atoms with Gasteiger partial charge in [0.25, 0.3) is 0 Å². The first-order chi connectivity index (χ1) is 8.60. The number of nitrogens with one attached hydrogen (secondary N) is 3. The van der Waals surface area contributed by atoms with E-state index in [4.69, 9.17) is 0 Å². The van der Waals surface area contributed by atoms with Crippen molar-refractivity contribution >= 4 is 23.0 Å². The summed E-state index contributed by atoms with van der Waals surface area (Å²) in [6, 6.07) is 0.748. The van der Waals surface area contributed by atoms with Crippen molar-refractivity contribution in [1.82, 2.24) is 9.97 Å². The second-order valence-electron chi connectivity index (χ2n) is 3.43. The second kappa shape index (κ2) is 5.13. The summed E-state index contributed by atoms with van der Waals surface area (Å²) in [5, 5.41) is 6.83. The third kappa shape index (κ3) is 2.65. The van der Waals surface area contributed by atoms with E-state index in [1.807, 2.05) is 0 Å². The van der Waals surface area contributed by atoms with Crippen molar-refractivity contribution in [2.75, 3.05) is 17.7 Å². The zero-order valence-corrected chi connectivity index (χ0v) is 10.2. The Kier molecular flexibility index (Phi) is 3.56. The summed E-state index contributed by atoms with van der Waals surface area (Å²) in [6.07, 6.45) is 0.